The van der Waals surface area contributed by atoms with Crippen LogP contribution in [0.3, 0.4) is 0 Å². The van der Waals surface area contributed by atoms with Gasteiger partial charge in [-0.1, -0.05) is 218 Å². The molecule has 13 aromatic rings. The summed E-state index contributed by atoms with van der Waals surface area (Å²) in [6.07, 6.45) is 0. The van der Waals surface area contributed by atoms with Gasteiger partial charge in [-0.2, -0.15) is 0 Å². The molecule has 0 atom stereocenters. The van der Waals surface area contributed by atoms with Crippen molar-refractivity contribution in [2.24, 2.45) is 0 Å². The number of aromatic nitrogens is 1. The van der Waals surface area contributed by atoms with E-state index in [0.717, 1.165) is 33.8 Å². The highest BCUT2D eigenvalue weighted by Gasteiger charge is 2.18. The Morgan fingerprint density at radius 2 is 0.625 bits per heavy atom. The van der Waals surface area contributed by atoms with Crippen molar-refractivity contribution >= 4 is 49.6 Å². The van der Waals surface area contributed by atoms with Crippen LogP contribution in [0.4, 0.5) is 17.1 Å². The van der Waals surface area contributed by atoms with Crippen molar-refractivity contribution in [1.82, 2.24) is 4.57 Å². The first-order chi connectivity index (χ1) is 35.7. The Kier molecular flexibility index (Phi) is 10.9. The van der Waals surface area contributed by atoms with E-state index in [1.165, 1.54) is 88.3 Å². The normalized spacial score (nSPS) is 11.3. The van der Waals surface area contributed by atoms with Crippen LogP contribution in [0, 0.1) is 0 Å². The summed E-state index contributed by atoms with van der Waals surface area (Å²) in [4.78, 5) is 2.40. The minimum atomic E-state index is 1.07. The van der Waals surface area contributed by atoms with E-state index in [4.69, 9.17) is 0 Å². The van der Waals surface area contributed by atoms with E-state index in [1.807, 2.05) is 0 Å². The Balaban J connectivity index is 0.869. The van der Waals surface area contributed by atoms with Crippen LogP contribution in [-0.4, -0.2) is 4.57 Å². The van der Waals surface area contributed by atoms with Gasteiger partial charge in [-0.15, -0.1) is 0 Å². The number of hydrogen-bond donors (Lipinski definition) is 0. The second-order valence-corrected chi connectivity index (χ2v) is 18.5. The quantitative estimate of drug-likeness (QED) is 0.133. The van der Waals surface area contributed by atoms with Gasteiger partial charge in [0, 0.05) is 33.4 Å². The number of fused-ring (bicyclic) bond motifs is 4. The van der Waals surface area contributed by atoms with Gasteiger partial charge in [0.2, 0.25) is 0 Å². The zero-order chi connectivity index (χ0) is 47.8. The summed E-state index contributed by atoms with van der Waals surface area (Å²) >= 11 is 0. The fraction of sp³-hybridized carbons (Fsp3) is 0. The lowest BCUT2D eigenvalue weighted by Crippen LogP contribution is -2.10. The van der Waals surface area contributed by atoms with Crippen molar-refractivity contribution in [3.05, 3.63) is 291 Å². The number of para-hydroxylation sites is 3. The predicted molar refractivity (Wildman–Crippen MR) is 306 cm³/mol. The van der Waals surface area contributed by atoms with Gasteiger partial charge in [0.15, 0.2) is 0 Å². The summed E-state index contributed by atoms with van der Waals surface area (Å²) in [5.41, 5.74) is 21.0. The monoisotopic (exact) mass is 916 g/mol. The van der Waals surface area contributed by atoms with Gasteiger partial charge >= 0.3 is 0 Å². The van der Waals surface area contributed by atoms with Gasteiger partial charge in [-0.05, 0) is 145 Å². The zero-order valence-corrected chi connectivity index (χ0v) is 39.6. The van der Waals surface area contributed by atoms with Gasteiger partial charge in [0.05, 0.1) is 16.7 Å². The molecule has 0 radical (unpaired) electrons. The summed E-state index contributed by atoms with van der Waals surface area (Å²) in [6, 6.07) is 106. The molecular weight excluding hydrogens is 869 g/mol. The maximum absolute atomic E-state index is 2.41. The lowest BCUT2D eigenvalue weighted by Gasteiger charge is -2.27. The van der Waals surface area contributed by atoms with E-state index in [9.17, 15) is 0 Å². The van der Waals surface area contributed by atoms with E-state index in [0.29, 0.717) is 0 Å². The van der Waals surface area contributed by atoms with Crippen molar-refractivity contribution in [3.8, 4) is 72.4 Å². The molecule has 0 unspecified atom stereocenters. The highest BCUT2D eigenvalue weighted by atomic mass is 15.1. The maximum atomic E-state index is 2.41. The predicted octanol–water partition coefficient (Wildman–Crippen LogP) is 19.4. The van der Waals surface area contributed by atoms with Gasteiger partial charge in [0.25, 0.3) is 0 Å². The van der Waals surface area contributed by atoms with Crippen LogP contribution >= 0.6 is 0 Å². The molecule has 0 N–H and O–H groups in total. The Morgan fingerprint density at radius 1 is 0.222 bits per heavy atom. The summed E-state index contributed by atoms with van der Waals surface area (Å²) in [5, 5.41) is 5.02. The minimum Gasteiger partial charge on any atom is -0.310 e. The zero-order valence-electron chi connectivity index (χ0n) is 39.6. The van der Waals surface area contributed by atoms with E-state index in [1.54, 1.807) is 0 Å². The van der Waals surface area contributed by atoms with Crippen molar-refractivity contribution in [3.63, 3.8) is 0 Å². The molecule has 0 aliphatic carbocycles. The van der Waals surface area contributed by atoms with Crippen LogP contribution in [0.2, 0.25) is 0 Å². The first-order valence-electron chi connectivity index (χ1n) is 24.7. The standard InChI is InChI=1S/C70H48N2/c1-3-16-49(17-4-1)60-46-61(50-18-5-2-6-19-50)48-64(47-60)71(63-42-38-54(39-43-63)57-22-15-23-58(44-57)59-35-32-51-20-7-8-21-56(51)45-59)62-40-36-53(37-41-62)52-30-33-55(34-31-52)65-24-9-12-27-68(65)72-69-28-13-10-25-66(69)67-26-11-14-29-70(67)72/h1-48H. The third-order valence-corrected chi connectivity index (χ3v) is 14.2. The first kappa shape index (κ1) is 42.6. The average Bonchev–Trinajstić information content (AvgIpc) is 3.80. The van der Waals surface area contributed by atoms with Gasteiger partial charge in [0.1, 0.15) is 0 Å². The van der Waals surface area contributed by atoms with E-state index in [2.05, 4.69) is 301 Å². The Hall–Kier alpha value is -9.50. The molecular formula is C70H48N2. The van der Waals surface area contributed by atoms with Crippen LogP contribution in [0.15, 0.2) is 291 Å². The fourth-order valence-electron chi connectivity index (χ4n) is 10.6. The maximum Gasteiger partial charge on any atom is 0.0541 e. The molecule has 13 rings (SSSR count). The molecule has 1 aromatic heterocycles. The third kappa shape index (κ3) is 8.01. The summed E-state index contributed by atoms with van der Waals surface area (Å²) < 4.78 is 2.41. The van der Waals surface area contributed by atoms with Gasteiger partial charge in [-0.25, -0.2) is 0 Å². The third-order valence-electron chi connectivity index (χ3n) is 14.2. The van der Waals surface area contributed by atoms with E-state index < -0.39 is 0 Å². The summed E-state index contributed by atoms with van der Waals surface area (Å²) in [6.45, 7) is 0. The largest absolute Gasteiger partial charge is 0.310 e. The molecule has 0 fully saturated rings. The highest BCUT2D eigenvalue weighted by molar-refractivity contribution is 6.09. The minimum absolute atomic E-state index is 1.07. The van der Waals surface area contributed by atoms with Crippen molar-refractivity contribution < 1.29 is 0 Å². The molecule has 338 valence electrons. The SMILES string of the molecule is c1ccc(-c2cc(-c3ccccc3)cc(N(c3ccc(-c4ccc(-c5ccccc5-n5c6ccccc6c6ccccc65)cc4)cc3)c3ccc(-c4cccc(-c5ccc6ccccc6c5)c4)cc3)c2)cc1. The molecule has 72 heavy (non-hydrogen) atoms. The molecule has 0 bridgehead atoms. The van der Waals surface area contributed by atoms with Crippen LogP contribution in [-0.2, 0) is 0 Å². The first-order valence-corrected chi connectivity index (χ1v) is 24.7. The summed E-state index contributed by atoms with van der Waals surface area (Å²) in [7, 11) is 0. The number of hydrogen-bond acceptors (Lipinski definition) is 1. The number of benzene rings is 12. The molecule has 0 aliphatic heterocycles. The van der Waals surface area contributed by atoms with Gasteiger partial charge < -0.3 is 9.47 Å². The molecule has 0 spiro atoms. The molecule has 12 aromatic carbocycles. The Labute approximate surface area is 420 Å². The van der Waals surface area contributed by atoms with Crippen molar-refractivity contribution in [2.45, 2.75) is 0 Å². The Morgan fingerprint density at radius 3 is 1.24 bits per heavy atom. The van der Waals surface area contributed by atoms with Crippen LogP contribution in [0.5, 0.6) is 0 Å². The smallest absolute Gasteiger partial charge is 0.0541 e. The number of nitrogens with zero attached hydrogens (tertiary/aromatic N) is 2. The molecule has 0 aliphatic rings. The molecule has 0 saturated carbocycles. The molecule has 2 heteroatoms. The molecule has 2 nitrogen and oxygen atoms in total. The lowest BCUT2D eigenvalue weighted by atomic mass is 9.96. The second-order valence-electron chi connectivity index (χ2n) is 18.5. The van der Waals surface area contributed by atoms with Crippen LogP contribution in [0.25, 0.3) is 105 Å². The molecule has 0 amide bonds. The summed E-state index contributed by atoms with van der Waals surface area (Å²) in [5.74, 6) is 0. The van der Waals surface area contributed by atoms with Crippen LogP contribution in [0.1, 0.15) is 0 Å². The topological polar surface area (TPSA) is 8.17 Å². The van der Waals surface area contributed by atoms with E-state index in [-0.39, 0.29) is 0 Å². The van der Waals surface area contributed by atoms with Gasteiger partial charge in [-0.3, -0.25) is 0 Å². The Bertz CT molecular complexity index is 3950. The highest BCUT2D eigenvalue weighted by Crippen LogP contribution is 2.42. The van der Waals surface area contributed by atoms with Crippen molar-refractivity contribution in [2.75, 3.05) is 4.90 Å². The van der Waals surface area contributed by atoms with Crippen LogP contribution < -0.4 is 4.90 Å². The fourth-order valence-corrected chi connectivity index (χ4v) is 10.6. The number of rotatable bonds is 10. The molecule has 0 saturated heterocycles. The lowest BCUT2D eigenvalue weighted by molar-refractivity contribution is 1.18. The van der Waals surface area contributed by atoms with Crippen molar-refractivity contribution in [1.29, 1.82) is 0 Å². The number of anilines is 3. The second kappa shape index (κ2) is 18.4. The molecule has 1 heterocycles. The van der Waals surface area contributed by atoms with E-state index >= 15 is 0 Å². The average molecular weight is 917 g/mol.